The largest absolute Gasteiger partial charge is 0.396 e. The highest BCUT2D eigenvalue weighted by molar-refractivity contribution is 14.0. The van der Waals surface area contributed by atoms with Gasteiger partial charge in [0.05, 0.1) is 0 Å². The van der Waals surface area contributed by atoms with Crippen molar-refractivity contribution in [3.63, 3.8) is 0 Å². The van der Waals surface area contributed by atoms with Crippen molar-refractivity contribution in [2.45, 2.75) is 53.4 Å². The van der Waals surface area contributed by atoms with E-state index in [9.17, 15) is 5.11 Å². The molecule has 0 unspecified atom stereocenters. The van der Waals surface area contributed by atoms with E-state index >= 15 is 0 Å². The van der Waals surface area contributed by atoms with Gasteiger partial charge >= 0.3 is 0 Å². The third-order valence-electron chi connectivity index (χ3n) is 5.66. The zero-order chi connectivity index (χ0) is 19.7. The van der Waals surface area contributed by atoms with E-state index in [-0.39, 0.29) is 36.0 Å². The van der Waals surface area contributed by atoms with Gasteiger partial charge in [0, 0.05) is 63.8 Å². The molecule has 1 aromatic rings. The van der Waals surface area contributed by atoms with Gasteiger partial charge in [-0.1, -0.05) is 20.8 Å². The molecule has 0 saturated carbocycles. The molecule has 1 aromatic heterocycles. The summed E-state index contributed by atoms with van der Waals surface area (Å²) in [5.74, 6) is 1.93. The van der Waals surface area contributed by atoms with Crippen LogP contribution >= 0.6 is 35.5 Å². The molecule has 0 amide bonds. The summed E-state index contributed by atoms with van der Waals surface area (Å²) in [6.45, 7) is 14.2. The molecule has 0 spiro atoms. The number of aliphatic hydroxyl groups excluding tert-OH is 1. The van der Waals surface area contributed by atoms with Gasteiger partial charge < -0.3 is 20.2 Å². The van der Waals surface area contributed by atoms with E-state index in [1.165, 1.54) is 11.5 Å². The minimum Gasteiger partial charge on any atom is -0.396 e. The molecule has 0 aromatic carbocycles. The first kappa shape index (κ1) is 25.4. The third kappa shape index (κ3) is 6.69. The number of aliphatic hydroxyl groups is 1. The van der Waals surface area contributed by atoms with E-state index in [1.54, 1.807) is 0 Å². The minimum absolute atomic E-state index is 0. The number of hydrogen-bond acceptors (Lipinski definition) is 6. The van der Waals surface area contributed by atoms with Crippen LogP contribution < -0.4 is 10.2 Å². The number of piperazine rings is 1. The second-order valence-electron chi connectivity index (χ2n) is 7.17. The monoisotopic (exact) mass is 524 g/mol. The van der Waals surface area contributed by atoms with E-state index in [0.29, 0.717) is 0 Å². The number of hydrogen-bond donors (Lipinski definition) is 2. The molecule has 1 fully saturated rings. The fourth-order valence-electron chi connectivity index (χ4n) is 3.44. The molecule has 9 heteroatoms. The molecule has 2 heterocycles. The summed E-state index contributed by atoms with van der Waals surface area (Å²) in [6.07, 6.45) is 3.78. The third-order valence-corrected chi connectivity index (χ3v) is 6.48. The zero-order valence-corrected chi connectivity index (χ0v) is 20.9. The lowest BCUT2D eigenvalue weighted by Crippen LogP contribution is -2.52. The van der Waals surface area contributed by atoms with E-state index in [2.05, 4.69) is 52.2 Å². The average molecular weight is 525 g/mol. The highest BCUT2D eigenvalue weighted by Gasteiger charge is 2.27. The summed E-state index contributed by atoms with van der Waals surface area (Å²) in [6, 6.07) is 0. The molecule has 7 nitrogen and oxygen atoms in total. The molecule has 1 saturated heterocycles. The van der Waals surface area contributed by atoms with E-state index in [0.717, 1.165) is 81.9 Å². The molecular weight excluding hydrogens is 487 g/mol. The van der Waals surface area contributed by atoms with Crippen molar-refractivity contribution in [2.75, 3.05) is 50.8 Å². The summed E-state index contributed by atoms with van der Waals surface area (Å²) in [7, 11) is 0. The van der Waals surface area contributed by atoms with Crippen LogP contribution in [0.15, 0.2) is 4.99 Å². The molecule has 1 aliphatic rings. The molecule has 0 aliphatic carbocycles. The molecule has 1 aliphatic heterocycles. The summed E-state index contributed by atoms with van der Waals surface area (Å²) in [5, 5.41) is 13.9. The number of aliphatic imine (C=N–C) groups is 1. The van der Waals surface area contributed by atoms with Crippen LogP contribution in [0.2, 0.25) is 0 Å². The highest BCUT2D eigenvalue weighted by Crippen LogP contribution is 2.30. The zero-order valence-electron chi connectivity index (χ0n) is 17.8. The van der Waals surface area contributed by atoms with Crippen molar-refractivity contribution in [2.24, 2.45) is 10.4 Å². The number of halogens is 1. The summed E-state index contributed by atoms with van der Waals surface area (Å²) < 4.78 is 4.40. The van der Waals surface area contributed by atoms with Gasteiger partial charge in [-0.15, -0.1) is 24.0 Å². The number of anilines is 1. The molecule has 0 radical (unpaired) electrons. The first-order chi connectivity index (χ1) is 13.1. The Bertz CT molecular complexity index is 585. The maximum atomic E-state index is 9.45. The molecular formula is C19H37IN6OS. The summed E-state index contributed by atoms with van der Waals surface area (Å²) in [5.41, 5.74) is 0.0976. The predicted octanol–water partition coefficient (Wildman–Crippen LogP) is 2.99. The normalized spacial score (nSPS) is 15.5. The van der Waals surface area contributed by atoms with Gasteiger partial charge in [0.2, 0.25) is 5.13 Å². The summed E-state index contributed by atoms with van der Waals surface area (Å²) >= 11 is 1.50. The van der Waals surface area contributed by atoms with Gasteiger partial charge in [-0.05, 0) is 31.6 Å². The Morgan fingerprint density at radius 1 is 1.18 bits per heavy atom. The van der Waals surface area contributed by atoms with Crippen LogP contribution in [0.4, 0.5) is 5.13 Å². The van der Waals surface area contributed by atoms with Gasteiger partial charge in [0.25, 0.3) is 0 Å². The van der Waals surface area contributed by atoms with Gasteiger partial charge in [-0.3, -0.25) is 4.99 Å². The molecule has 28 heavy (non-hydrogen) atoms. The molecule has 2 N–H and O–H groups in total. The van der Waals surface area contributed by atoms with Crippen LogP contribution in [-0.2, 0) is 6.42 Å². The lowest BCUT2D eigenvalue weighted by molar-refractivity contribution is 0.175. The molecule has 162 valence electrons. The number of aromatic nitrogens is 2. The number of aryl methyl sites for hydroxylation is 1. The van der Waals surface area contributed by atoms with Crippen LogP contribution in [0.1, 0.15) is 52.8 Å². The van der Waals surface area contributed by atoms with Crippen LogP contribution in [0.3, 0.4) is 0 Å². The average Bonchev–Trinajstić information content (AvgIpc) is 3.19. The molecule has 0 bridgehead atoms. The standard InChI is InChI=1S/C19H36N6OS.HI/c1-5-16-22-18(27-23-16)25-12-10-24(11-13-25)17(20-8-4)21-15-19(6-2,7-3)9-14-26;/h26H,5-15H2,1-4H3,(H,20,21);1H. The number of nitrogens with zero attached hydrogens (tertiary/aromatic N) is 5. The Morgan fingerprint density at radius 2 is 1.86 bits per heavy atom. The number of nitrogens with one attached hydrogen (secondary N) is 1. The van der Waals surface area contributed by atoms with Crippen LogP contribution in [-0.4, -0.2) is 71.2 Å². The maximum Gasteiger partial charge on any atom is 0.205 e. The van der Waals surface area contributed by atoms with Crippen molar-refractivity contribution in [1.82, 2.24) is 19.6 Å². The smallest absolute Gasteiger partial charge is 0.205 e. The number of guanidine groups is 1. The Morgan fingerprint density at radius 3 is 2.36 bits per heavy atom. The Kier molecular flexibility index (Phi) is 11.6. The van der Waals surface area contributed by atoms with Crippen molar-refractivity contribution < 1.29 is 5.11 Å². The minimum atomic E-state index is 0. The summed E-state index contributed by atoms with van der Waals surface area (Å²) in [4.78, 5) is 14.2. The topological polar surface area (TPSA) is 76.9 Å². The highest BCUT2D eigenvalue weighted by atomic mass is 127. The van der Waals surface area contributed by atoms with Crippen molar-refractivity contribution in [3.8, 4) is 0 Å². The first-order valence-electron chi connectivity index (χ1n) is 10.3. The maximum absolute atomic E-state index is 9.45. The quantitative estimate of drug-likeness (QED) is 0.294. The van der Waals surface area contributed by atoms with Gasteiger partial charge in [0.1, 0.15) is 5.82 Å². The van der Waals surface area contributed by atoms with Gasteiger partial charge in [-0.2, -0.15) is 4.37 Å². The fraction of sp³-hybridized carbons (Fsp3) is 0.842. The Balaban J connectivity index is 0.00000392. The Labute approximate surface area is 191 Å². The lowest BCUT2D eigenvalue weighted by Gasteiger charge is -2.37. The van der Waals surface area contributed by atoms with Gasteiger partial charge in [-0.25, -0.2) is 4.98 Å². The fourth-order valence-corrected chi connectivity index (χ4v) is 4.24. The lowest BCUT2D eigenvalue weighted by atomic mass is 9.79. The number of rotatable bonds is 9. The molecule has 0 atom stereocenters. The Hall–Kier alpha value is -0.680. The van der Waals surface area contributed by atoms with Crippen LogP contribution in [0, 0.1) is 5.41 Å². The second-order valence-corrected chi connectivity index (χ2v) is 7.90. The first-order valence-corrected chi connectivity index (χ1v) is 11.1. The SMILES string of the molecule is CCNC(=NCC(CC)(CC)CCO)N1CCN(c2nc(CC)ns2)CC1.I. The van der Waals surface area contributed by atoms with Crippen molar-refractivity contribution in [3.05, 3.63) is 5.82 Å². The van der Waals surface area contributed by atoms with E-state index < -0.39 is 0 Å². The van der Waals surface area contributed by atoms with Crippen molar-refractivity contribution in [1.29, 1.82) is 0 Å². The van der Waals surface area contributed by atoms with E-state index in [1.807, 2.05) is 0 Å². The van der Waals surface area contributed by atoms with Crippen molar-refractivity contribution >= 4 is 46.6 Å². The van der Waals surface area contributed by atoms with Gasteiger partial charge in [0.15, 0.2) is 5.96 Å². The molecule has 2 rings (SSSR count). The van der Waals surface area contributed by atoms with Crippen LogP contribution in [0.25, 0.3) is 0 Å². The van der Waals surface area contributed by atoms with Crippen LogP contribution in [0.5, 0.6) is 0 Å². The van der Waals surface area contributed by atoms with E-state index in [4.69, 9.17) is 4.99 Å². The second kappa shape index (κ2) is 12.8. The predicted molar refractivity (Wildman–Crippen MR) is 129 cm³/mol.